The summed E-state index contributed by atoms with van der Waals surface area (Å²) in [6.07, 6.45) is 1.93. The van der Waals surface area contributed by atoms with Crippen molar-refractivity contribution in [2.24, 2.45) is 0 Å². The van der Waals surface area contributed by atoms with E-state index in [9.17, 15) is 0 Å². The molecule has 0 fully saturated rings. The van der Waals surface area contributed by atoms with Crippen LogP contribution in [-0.4, -0.2) is 15.0 Å². The lowest BCUT2D eigenvalue weighted by molar-refractivity contribution is 0.661. The van der Waals surface area contributed by atoms with Gasteiger partial charge < -0.3 is 15.3 Å². The first-order valence-electron chi connectivity index (χ1n) is 5.68. The van der Waals surface area contributed by atoms with Crippen molar-refractivity contribution in [2.45, 2.75) is 13.1 Å². The molecule has 3 rings (SSSR count). The van der Waals surface area contributed by atoms with E-state index in [0.717, 1.165) is 29.9 Å². The first kappa shape index (κ1) is 10.1. The van der Waals surface area contributed by atoms with Gasteiger partial charge in [-0.3, -0.25) is 0 Å². The van der Waals surface area contributed by atoms with Gasteiger partial charge in [-0.15, -0.1) is 0 Å². The lowest BCUT2D eigenvalue weighted by Gasteiger charge is -1.99. The number of hydrogen-bond donors (Lipinski definition) is 3. The third-order valence-electron chi connectivity index (χ3n) is 2.71. The molecule has 0 saturated heterocycles. The van der Waals surface area contributed by atoms with Crippen LogP contribution < -0.4 is 5.32 Å². The molecule has 0 amide bonds. The highest BCUT2D eigenvalue weighted by Crippen LogP contribution is 2.09. The summed E-state index contributed by atoms with van der Waals surface area (Å²) in [6, 6.07) is 12.1. The summed E-state index contributed by atoms with van der Waals surface area (Å²) in [5, 5.41) is 3.34. The van der Waals surface area contributed by atoms with E-state index >= 15 is 0 Å². The van der Waals surface area contributed by atoms with Crippen molar-refractivity contribution in [1.29, 1.82) is 0 Å². The van der Waals surface area contributed by atoms with Gasteiger partial charge in [-0.2, -0.15) is 0 Å². The Bertz CT molecular complexity index is 562. The second-order valence-electron chi connectivity index (χ2n) is 4.00. The summed E-state index contributed by atoms with van der Waals surface area (Å²) in [7, 11) is 0. The second kappa shape index (κ2) is 4.43. The normalized spacial score (nSPS) is 11.1. The van der Waals surface area contributed by atoms with Gasteiger partial charge in [-0.25, -0.2) is 4.98 Å². The Morgan fingerprint density at radius 2 is 2.00 bits per heavy atom. The molecule has 3 aromatic rings. The van der Waals surface area contributed by atoms with Crippen LogP contribution >= 0.6 is 0 Å². The zero-order chi connectivity index (χ0) is 11.5. The molecule has 0 unspecified atom stereocenters. The van der Waals surface area contributed by atoms with E-state index in [-0.39, 0.29) is 0 Å². The quantitative estimate of drug-likeness (QED) is 0.638. The number of imidazole rings is 1. The van der Waals surface area contributed by atoms with Gasteiger partial charge in [0.2, 0.25) is 0 Å². The van der Waals surface area contributed by atoms with Crippen LogP contribution in [0.1, 0.15) is 11.5 Å². The SMILES string of the molecule is c1c[nH]c(CNCc2nc3ccccc3[nH]2)c1. The minimum absolute atomic E-state index is 0.744. The summed E-state index contributed by atoms with van der Waals surface area (Å²) in [6.45, 7) is 1.57. The second-order valence-corrected chi connectivity index (χ2v) is 4.00. The van der Waals surface area contributed by atoms with Crippen LogP contribution in [0, 0.1) is 0 Å². The third-order valence-corrected chi connectivity index (χ3v) is 2.71. The van der Waals surface area contributed by atoms with Gasteiger partial charge >= 0.3 is 0 Å². The Balaban J connectivity index is 1.65. The Morgan fingerprint density at radius 1 is 1.06 bits per heavy atom. The number of hydrogen-bond acceptors (Lipinski definition) is 2. The van der Waals surface area contributed by atoms with Gasteiger partial charge in [0.05, 0.1) is 17.6 Å². The third kappa shape index (κ3) is 2.21. The van der Waals surface area contributed by atoms with E-state index in [0.29, 0.717) is 0 Å². The van der Waals surface area contributed by atoms with E-state index in [4.69, 9.17) is 0 Å². The molecule has 0 radical (unpaired) electrons. The molecule has 2 heterocycles. The molecule has 0 spiro atoms. The molecular weight excluding hydrogens is 212 g/mol. The number of H-pyrrole nitrogens is 2. The maximum absolute atomic E-state index is 4.50. The summed E-state index contributed by atoms with van der Waals surface area (Å²) in [5.74, 6) is 0.970. The lowest BCUT2D eigenvalue weighted by Crippen LogP contribution is -2.13. The van der Waals surface area contributed by atoms with E-state index in [1.165, 1.54) is 5.69 Å². The average Bonchev–Trinajstić information content (AvgIpc) is 2.96. The monoisotopic (exact) mass is 226 g/mol. The van der Waals surface area contributed by atoms with E-state index in [1.807, 2.05) is 36.5 Å². The van der Waals surface area contributed by atoms with Gasteiger partial charge in [0.1, 0.15) is 5.82 Å². The van der Waals surface area contributed by atoms with Crippen LogP contribution in [0.4, 0.5) is 0 Å². The standard InChI is InChI=1S/C13H14N4/c1-2-6-12-11(5-1)16-13(17-12)9-14-8-10-4-3-7-15-10/h1-7,14-15H,8-9H2,(H,16,17). The van der Waals surface area contributed by atoms with Crippen molar-refractivity contribution < 1.29 is 0 Å². The fourth-order valence-corrected chi connectivity index (χ4v) is 1.88. The molecule has 2 aromatic heterocycles. The van der Waals surface area contributed by atoms with Crippen LogP contribution in [0.15, 0.2) is 42.6 Å². The number of aromatic nitrogens is 3. The number of aromatic amines is 2. The van der Waals surface area contributed by atoms with Crippen molar-refractivity contribution >= 4 is 11.0 Å². The van der Waals surface area contributed by atoms with Crippen molar-refractivity contribution in [3.63, 3.8) is 0 Å². The zero-order valence-corrected chi connectivity index (χ0v) is 9.40. The van der Waals surface area contributed by atoms with Crippen LogP contribution in [0.2, 0.25) is 0 Å². The summed E-state index contributed by atoms with van der Waals surface area (Å²) >= 11 is 0. The first-order valence-corrected chi connectivity index (χ1v) is 5.68. The van der Waals surface area contributed by atoms with Gasteiger partial charge in [-0.1, -0.05) is 12.1 Å². The topological polar surface area (TPSA) is 56.5 Å². The summed E-state index contributed by atoms with van der Waals surface area (Å²) in [5.41, 5.74) is 3.29. The van der Waals surface area contributed by atoms with Crippen LogP contribution in [0.5, 0.6) is 0 Å². The maximum atomic E-state index is 4.50. The number of rotatable bonds is 4. The zero-order valence-electron chi connectivity index (χ0n) is 9.40. The molecule has 3 N–H and O–H groups in total. The first-order chi connectivity index (χ1) is 8.42. The molecule has 0 saturated carbocycles. The molecular formula is C13H14N4. The number of nitrogens with one attached hydrogen (secondary N) is 3. The largest absolute Gasteiger partial charge is 0.364 e. The Kier molecular flexibility index (Phi) is 2.63. The highest BCUT2D eigenvalue weighted by atomic mass is 15.0. The molecule has 0 aliphatic carbocycles. The van der Waals surface area contributed by atoms with Gasteiger partial charge in [0.15, 0.2) is 0 Å². The van der Waals surface area contributed by atoms with Crippen molar-refractivity contribution in [3.8, 4) is 0 Å². The highest BCUT2D eigenvalue weighted by molar-refractivity contribution is 5.74. The molecule has 17 heavy (non-hydrogen) atoms. The minimum atomic E-state index is 0.744. The molecule has 0 aliphatic rings. The Hall–Kier alpha value is -2.07. The van der Waals surface area contributed by atoms with Gasteiger partial charge in [0, 0.05) is 18.4 Å². The summed E-state index contributed by atoms with van der Waals surface area (Å²) < 4.78 is 0. The predicted octanol–water partition coefficient (Wildman–Crippen LogP) is 2.18. The molecule has 4 nitrogen and oxygen atoms in total. The summed E-state index contributed by atoms with van der Waals surface area (Å²) in [4.78, 5) is 11.0. The number of para-hydroxylation sites is 2. The molecule has 0 aliphatic heterocycles. The Labute approximate surface area is 99.1 Å². The van der Waals surface area contributed by atoms with E-state index in [2.05, 4.69) is 26.3 Å². The average molecular weight is 226 g/mol. The van der Waals surface area contributed by atoms with E-state index in [1.54, 1.807) is 0 Å². The molecule has 86 valence electrons. The van der Waals surface area contributed by atoms with Gasteiger partial charge in [0.25, 0.3) is 0 Å². The maximum Gasteiger partial charge on any atom is 0.121 e. The number of benzene rings is 1. The van der Waals surface area contributed by atoms with Crippen molar-refractivity contribution in [1.82, 2.24) is 20.3 Å². The van der Waals surface area contributed by atoms with Crippen molar-refractivity contribution in [3.05, 3.63) is 54.1 Å². The van der Waals surface area contributed by atoms with Crippen molar-refractivity contribution in [2.75, 3.05) is 0 Å². The minimum Gasteiger partial charge on any atom is -0.364 e. The van der Waals surface area contributed by atoms with Gasteiger partial charge in [-0.05, 0) is 24.3 Å². The lowest BCUT2D eigenvalue weighted by atomic mass is 10.3. The van der Waals surface area contributed by atoms with Crippen LogP contribution in [-0.2, 0) is 13.1 Å². The smallest absolute Gasteiger partial charge is 0.121 e. The van der Waals surface area contributed by atoms with Crippen LogP contribution in [0.25, 0.3) is 11.0 Å². The molecule has 0 atom stereocenters. The molecule has 0 bridgehead atoms. The molecule has 1 aromatic carbocycles. The Morgan fingerprint density at radius 3 is 2.82 bits per heavy atom. The predicted molar refractivity (Wildman–Crippen MR) is 67.4 cm³/mol. The number of nitrogens with zero attached hydrogens (tertiary/aromatic N) is 1. The number of fused-ring (bicyclic) bond motifs is 1. The molecule has 4 heteroatoms. The van der Waals surface area contributed by atoms with E-state index < -0.39 is 0 Å². The fourth-order valence-electron chi connectivity index (χ4n) is 1.88. The van der Waals surface area contributed by atoms with Crippen LogP contribution in [0.3, 0.4) is 0 Å². The fraction of sp³-hybridized carbons (Fsp3) is 0.154. The highest BCUT2D eigenvalue weighted by Gasteiger charge is 2.01.